The molecule has 0 aliphatic carbocycles. The Hall–Kier alpha value is -1.65. The summed E-state index contributed by atoms with van der Waals surface area (Å²) in [5.74, 6) is 0. The molecule has 0 fully saturated rings. The fourth-order valence-electron chi connectivity index (χ4n) is 1.84. The number of hydrogen-bond donors (Lipinski definition) is 2. The van der Waals surface area contributed by atoms with Gasteiger partial charge in [-0.3, -0.25) is 4.98 Å². The van der Waals surface area contributed by atoms with Gasteiger partial charge in [0.25, 0.3) is 0 Å². The summed E-state index contributed by atoms with van der Waals surface area (Å²) in [6.45, 7) is 2.04. The maximum atomic E-state index is 6.13. The van der Waals surface area contributed by atoms with Gasteiger partial charge >= 0.3 is 0 Å². The van der Waals surface area contributed by atoms with Crippen molar-refractivity contribution in [3.05, 3.63) is 58.9 Å². The molecule has 3 N–H and O–H groups in total. The van der Waals surface area contributed by atoms with Gasteiger partial charge in [0.05, 0.1) is 16.6 Å². The van der Waals surface area contributed by atoms with Crippen LogP contribution in [0.4, 0.5) is 5.69 Å². The molecule has 19 heavy (non-hydrogen) atoms. The minimum Gasteiger partial charge on any atom is -0.389 e. The number of pyridine rings is 1. The molecule has 2 rings (SSSR count). The molecule has 0 saturated heterocycles. The summed E-state index contributed by atoms with van der Waals surface area (Å²) in [6, 6.07) is 9.54. The number of hydrogen-bond acceptors (Lipinski definition) is 3. The topological polar surface area (TPSA) is 50.9 Å². The standard InChI is InChI=1S/C14H14ClN3S/c1-9(10-4-3-7-17-8-10)18-12-6-2-5-11(15)13(12)14(16)19/h2-9,18H,1H3,(H2,16,19). The number of benzene rings is 1. The Balaban J connectivity index is 2.29. The molecule has 98 valence electrons. The van der Waals surface area contributed by atoms with Crippen molar-refractivity contribution < 1.29 is 0 Å². The second-order valence-corrected chi connectivity index (χ2v) is 5.03. The number of anilines is 1. The second kappa shape index (κ2) is 5.99. The van der Waals surface area contributed by atoms with Crippen molar-refractivity contribution in [2.75, 3.05) is 5.32 Å². The molecule has 0 radical (unpaired) electrons. The minimum absolute atomic E-state index is 0.0836. The molecular formula is C14H14ClN3S. The van der Waals surface area contributed by atoms with E-state index in [-0.39, 0.29) is 11.0 Å². The first kappa shape index (κ1) is 13.8. The smallest absolute Gasteiger partial charge is 0.107 e. The van der Waals surface area contributed by atoms with E-state index in [0.29, 0.717) is 10.6 Å². The lowest BCUT2D eigenvalue weighted by atomic mass is 10.1. The van der Waals surface area contributed by atoms with Gasteiger partial charge in [-0.2, -0.15) is 0 Å². The van der Waals surface area contributed by atoms with Crippen LogP contribution in [0, 0.1) is 0 Å². The van der Waals surface area contributed by atoms with Crippen LogP contribution in [0.2, 0.25) is 5.02 Å². The first-order valence-electron chi connectivity index (χ1n) is 5.84. The average Bonchev–Trinajstić information content (AvgIpc) is 2.39. The maximum Gasteiger partial charge on any atom is 0.107 e. The van der Waals surface area contributed by atoms with Crippen LogP contribution in [0.15, 0.2) is 42.7 Å². The molecule has 0 aliphatic rings. The van der Waals surface area contributed by atoms with Crippen LogP contribution in [0.1, 0.15) is 24.1 Å². The third kappa shape index (κ3) is 3.22. The minimum atomic E-state index is 0.0836. The summed E-state index contributed by atoms with van der Waals surface area (Å²) in [7, 11) is 0. The van der Waals surface area contributed by atoms with Crippen molar-refractivity contribution in [1.82, 2.24) is 4.98 Å². The Morgan fingerprint density at radius 2 is 2.16 bits per heavy atom. The van der Waals surface area contributed by atoms with Crippen molar-refractivity contribution in [3.8, 4) is 0 Å². The third-order valence-corrected chi connectivity index (χ3v) is 3.34. The van der Waals surface area contributed by atoms with E-state index in [1.165, 1.54) is 0 Å². The summed E-state index contributed by atoms with van der Waals surface area (Å²) in [5, 5.41) is 3.91. The van der Waals surface area contributed by atoms with Gasteiger partial charge in [0.2, 0.25) is 0 Å². The number of thiocarbonyl (C=S) groups is 1. The van der Waals surface area contributed by atoms with Gasteiger partial charge in [-0.25, -0.2) is 0 Å². The SMILES string of the molecule is CC(Nc1cccc(Cl)c1C(N)=S)c1cccnc1. The predicted molar refractivity (Wildman–Crippen MR) is 83.6 cm³/mol. The van der Waals surface area contributed by atoms with Gasteiger partial charge in [0.1, 0.15) is 4.99 Å². The van der Waals surface area contributed by atoms with Crippen LogP contribution in [0.25, 0.3) is 0 Å². The monoisotopic (exact) mass is 291 g/mol. The summed E-state index contributed by atoms with van der Waals surface area (Å²) in [6.07, 6.45) is 3.57. The highest BCUT2D eigenvalue weighted by Crippen LogP contribution is 2.27. The zero-order chi connectivity index (χ0) is 13.8. The fraction of sp³-hybridized carbons (Fsp3) is 0.143. The van der Waals surface area contributed by atoms with Gasteiger partial charge in [0, 0.05) is 18.1 Å². The quantitative estimate of drug-likeness (QED) is 0.846. The zero-order valence-electron chi connectivity index (χ0n) is 10.4. The number of rotatable bonds is 4. The van der Waals surface area contributed by atoms with E-state index in [9.17, 15) is 0 Å². The predicted octanol–water partition coefficient (Wildman–Crippen LogP) is 3.54. The Bertz CT molecular complexity index is 586. The molecule has 1 aromatic carbocycles. The van der Waals surface area contributed by atoms with Gasteiger partial charge in [-0.1, -0.05) is 36.0 Å². The Morgan fingerprint density at radius 1 is 1.37 bits per heavy atom. The lowest BCUT2D eigenvalue weighted by Crippen LogP contribution is -2.15. The highest BCUT2D eigenvalue weighted by Gasteiger charge is 2.12. The third-order valence-electron chi connectivity index (χ3n) is 2.82. The molecule has 1 atom stereocenters. The number of halogens is 1. The summed E-state index contributed by atoms with van der Waals surface area (Å²) in [4.78, 5) is 4.39. The Kier molecular flexibility index (Phi) is 4.35. The van der Waals surface area contributed by atoms with Crippen LogP contribution in [0.3, 0.4) is 0 Å². The van der Waals surface area contributed by atoms with Crippen LogP contribution < -0.4 is 11.1 Å². The fourth-order valence-corrected chi connectivity index (χ4v) is 2.40. The molecule has 1 aromatic heterocycles. The molecule has 5 heteroatoms. The van der Waals surface area contributed by atoms with E-state index >= 15 is 0 Å². The molecule has 2 aromatic rings. The lowest BCUT2D eigenvalue weighted by Gasteiger charge is -2.18. The number of aromatic nitrogens is 1. The van der Waals surface area contributed by atoms with Crippen molar-refractivity contribution in [3.63, 3.8) is 0 Å². The maximum absolute atomic E-state index is 6.13. The molecule has 0 bridgehead atoms. The van der Waals surface area contributed by atoms with Crippen molar-refractivity contribution >= 4 is 34.5 Å². The van der Waals surface area contributed by atoms with Crippen molar-refractivity contribution in [2.45, 2.75) is 13.0 Å². The van der Waals surface area contributed by atoms with E-state index < -0.39 is 0 Å². The highest BCUT2D eigenvalue weighted by molar-refractivity contribution is 7.80. The van der Waals surface area contributed by atoms with Gasteiger partial charge in [-0.05, 0) is 30.7 Å². The summed E-state index contributed by atoms with van der Waals surface area (Å²) >= 11 is 11.2. The van der Waals surface area contributed by atoms with E-state index in [0.717, 1.165) is 11.3 Å². The summed E-state index contributed by atoms with van der Waals surface area (Å²) in [5.41, 5.74) is 8.31. The number of nitrogens with zero attached hydrogens (tertiary/aromatic N) is 1. The van der Waals surface area contributed by atoms with E-state index in [4.69, 9.17) is 29.6 Å². The van der Waals surface area contributed by atoms with Gasteiger partial charge in [-0.15, -0.1) is 0 Å². The van der Waals surface area contributed by atoms with E-state index in [1.54, 1.807) is 12.3 Å². The first-order chi connectivity index (χ1) is 9.09. The zero-order valence-corrected chi connectivity index (χ0v) is 12.0. The summed E-state index contributed by atoms with van der Waals surface area (Å²) < 4.78 is 0. The Morgan fingerprint density at radius 3 is 2.79 bits per heavy atom. The first-order valence-corrected chi connectivity index (χ1v) is 6.63. The van der Waals surface area contributed by atoms with Crippen molar-refractivity contribution in [1.29, 1.82) is 0 Å². The molecule has 0 aliphatic heterocycles. The molecular weight excluding hydrogens is 278 g/mol. The van der Waals surface area contributed by atoms with E-state index in [2.05, 4.69) is 10.3 Å². The number of nitrogens with one attached hydrogen (secondary N) is 1. The second-order valence-electron chi connectivity index (χ2n) is 4.18. The molecule has 0 amide bonds. The van der Waals surface area contributed by atoms with Gasteiger partial charge in [0.15, 0.2) is 0 Å². The van der Waals surface area contributed by atoms with Crippen LogP contribution in [-0.4, -0.2) is 9.97 Å². The number of nitrogens with two attached hydrogens (primary N) is 1. The molecule has 1 unspecified atom stereocenters. The van der Waals surface area contributed by atoms with Gasteiger partial charge < -0.3 is 11.1 Å². The van der Waals surface area contributed by atoms with Crippen LogP contribution in [0.5, 0.6) is 0 Å². The Labute approximate surface area is 122 Å². The average molecular weight is 292 g/mol. The van der Waals surface area contributed by atoms with Crippen LogP contribution >= 0.6 is 23.8 Å². The highest BCUT2D eigenvalue weighted by atomic mass is 35.5. The molecule has 3 nitrogen and oxygen atoms in total. The normalized spacial score (nSPS) is 11.9. The molecule has 0 spiro atoms. The van der Waals surface area contributed by atoms with Crippen LogP contribution in [-0.2, 0) is 0 Å². The van der Waals surface area contributed by atoms with Crippen molar-refractivity contribution in [2.24, 2.45) is 5.73 Å². The largest absolute Gasteiger partial charge is 0.389 e. The molecule has 1 heterocycles. The van der Waals surface area contributed by atoms with E-state index in [1.807, 2.05) is 37.4 Å². The lowest BCUT2D eigenvalue weighted by molar-refractivity contribution is 0.875. The molecule has 0 saturated carbocycles.